The summed E-state index contributed by atoms with van der Waals surface area (Å²) in [5.74, 6) is -1.05. The Kier molecular flexibility index (Phi) is 3.35. The largest absolute Gasteiger partial charge is 0.388 e. The van der Waals surface area contributed by atoms with Gasteiger partial charge in [0.05, 0.1) is 17.7 Å². The van der Waals surface area contributed by atoms with E-state index < -0.39 is 22.7 Å². The summed E-state index contributed by atoms with van der Waals surface area (Å²) in [6, 6.07) is 3.98. The van der Waals surface area contributed by atoms with Crippen LogP contribution in [0.25, 0.3) is 0 Å². The lowest BCUT2D eigenvalue weighted by molar-refractivity contribution is -0.0108. The van der Waals surface area contributed by atoms with E-state index in [1.807, 2.05) is 13.8 Å². The Labute approximate surface area is 117 Å². The van der Waals surface area contributed by atoms with Gasteiger partial charge >= 0.3 is 0 Å². The van der Waals surface area contributed by atoms with Crippen LogP contribution in [0.5, 0.6) is 0 Å². The van der Waals surface area contributed by atoms with Crippen molar-refractivity contribution in [3.63, 3.8) is 0 Å². The Morgan fingerprint density at radius 3 is 2.47 bits per heavy atom. The number of nitrogens with zero attached hydrogens (tertiary/aromatic N) is 1. The Morgan fingerprint density at radius 1 is 1.37 bits per heavy atom. The summed E-state index contributed by atoms with van der Waals surface area (Å²) in [4.78, 5) is 13.8. The molecule has 104 valence electrons. The molecule has 0 aromatic heterocycles. The van der Waals surface area contributed by atoms with Crippen molar-refractivity contribution >= 4 is 17.5 Å². The van der Waals surface area contributed by atoms with Gasteiger partial charge in [-0.2, -0.15) is 0 Å². The third kappa shape index (κ3) is 2.47. The Morgan fingerprint density at radius 2 is 2.00 bits per heavy atom. The highest BCUT2D eigenvalue weighted by Crippen LogP contribution is 2.39. The molecular formula is C14H17ClFNO2. The summed E-state index contributed by atoms with van der Waals surface area (Å²) in [5.41, 5.74) is -1.42. The van der Waals surface area contributed by atoms with Gasteiger partial charge in [-0.05, 0) is 25.1 Å². The molecule has 3 nitrogen and oxygen atoms in total. The van der Waals surface area contributed by atoms with Crippen LogP contribution in [0.15, 0.2) is 18.2 Å². The maximum atomic E-state index is 13.7. The van der Waals surface area contributed by atoms with Crippen LogP contribution in [0.3, 0.4) is 0 Å². The fourth-order valence-corrected chi connectivity index (χ4v) is 2.42. The summed E-state index contributed by atoms with van der Waals surface area (Å²) in [5, 5.41) is 10.5. The molecule has 1 aliphatic heterocycles. The van der Waals surface area contributed by atoms with Crippen LogP contribution in [0.2, 0.25) is 5.02 Å². The lowest BCUT2D eigenvalue weighted by Crippen LogP contribution is -2.40. The van der Waals surface area contributed by atoms with Gasteiger partial charge in [0.2, 0.25) is 0 Å². The summed E-state index contributed by atoms with van der Waals surface area (Å²) in [6.45, 7) is 6.05. The first kappa shape index (κ1) is 14.3. The molecule has 1 amide bonds. The van der Waals surface area contributed by atoms with Crippen LogP contribution in [0.4, 0.5) is 4.39 Å². The van der Waals surface area contributed by atoms with E-state index in [0.29, 0.717) is 6.54 Å². The number of halogens is 2. The van der Waals surface area contributed by atoms with Crippen LogP contribution in [0.1, 0.15) is 31.1 Å². The lowest BCUT2D eigenvalue weighted by atomic mass is 9.79. The third-order valence-corrected chi connectivity index (χ3v) is 4.23. The maximum absolute atomic E-state index is 13.7. The molecule has 1 fully saturated rings. The molecule has 1 aromatic rings. The third-order valence-electron chi connectivity index (χ3n) is 3.99. The van der Waals surface area contributed by atoms with E-state index >= 15 is 0 Å². The molecule has 1 aliphatic rings. The molecule has 1 atom stereocenters. The van der Waals surface area contributed by atoms with Gasteiger partial charge in [-0.25, -0.2) is 4.39 Å². The number of β-amino-alcohol motifs (C(OH)–C–C–N with tert-alkyl or cyclic N) is 1. The monoisotopic (exact) mass is 285 g/mol. The topological polar surface area (TPSA) is 40.5 Å². The molecule has 0 unspecified atom stereocenters. The molecule has 1 heterocycles. The minimum absolute atomic E-state index is 0.0158. The quantitative estimate of drug-likeness (QED) is 0.862. The summed E-state index contributed by atoms with van der Waals surface area (Å²) in [6.07, 6.45) is 0. The van der Waals surface area contributed by atoms with Crippen molar-refractivity contribution in [3.8, 4) is 0 Å². The smallest absolute Gasteiger partial charge is 0.256 e. The van der Waals surface area contributed by atoms with E-state index in [-0.39, 0.29) is 17.1 Å². The first-order valence-corrected chi connectivity index (χ1v) is 6.48. The van der Waals surface area contributed by atoms with Gasteiger partial charge in [-0.3, -0.25) is 4.79 Å². The molecule has 0 bridgehead atoms. The van der Waals surface area contributed by atoms with Crippen molar-refractivity contribution in [2.45, 2.75) is 26.4 Å². The minimum Gasteiger partial charge on any atom is -0.388 e. The molecule has 0 aliphatic carbocycles. The molecular weight excluding hydrogens is 269 g/mol. The number of carbonyl (C=O) groups excluding carboxylic acids is 1. The molecule has 0 saturated carbocycles. The highest BCUT2D eigenvalue weighted by Gasteiger charge is 2.49. The van der Waals surface area contributed by atoms with E-state index in [0.717, 1.165) is 6.07 Å². The van der Waals surface area contributed by atoms with E-state index in [9.17, 15) is 14.3 Å². The standard InChI is InChI=1S/C14H17ClFNO2/c1-13(2)7-17(8-14(13,3)19)12(18)10-5-4-9(15)6-11(10)16/h4-6,19H,7-8H2,1-3H3/t14-/m1/s1. The predicted molar refractivity (Wildman–Crippen MR) is 71.7 cm³/mol. The summed E-state index contributed by atoms with van der Waals surface area (Å²) < 4.78 is 13.7. The van der Waals surface area contributed by atoms with Gasteiger partial charge in [0.15, 0.2) is 0 Å². The van der Waals surface area contributed by atoms with Crippen molar-refractivity contribution in [3.05, 3.63) is 34.6 Å². The normalized spacial score (nSPS) is 25.7. The molecule has 0 spiro atoms. The minimum atomic E-state index is -0.981. The fraction of sp³-hybridized carbons (Fsp3) is 0.500. The van der Waals surface area contributed by atoms with Crippen LogP contribution in [-0.2, 0) is 0 Å². The Hall–Kier alpha value is -1.13. The molecule has 0 radical (unpaired) electrons. The highest BCUT2D eigenvalue weighted by molar-refractivity contribution is 6.30. The zero-order valence-electron chi connectivity index (χ0n) is 11.2. The number of hydrogen-bond donors (Lipinski definition) is 1. The second-order valence-corrected chi connectivity index (χ2v) is 6.38. The number of carbonyl (C=O) groups is 1. The molecule has 5 heteroatoms. The van der Waals surface area contributed by atoms with Gasteiger partial charge < -0.3 is 10.0 Å². The van der Waals surface area contributed by atoms with E-state index in [2.05, 4.69) is 0 Å². The summed E-state index contributed by atoms with van der Waals surface area (Å²) in [7, 11) is 0. The maximum Gasteiger partial charge on any atom is 0.256 e. The van der Waals surface area contributed by atoms with E-state index in [1.54, 1.807) is 6.92 Å². The van der Waals surface area contributed by atoms with Crippen molar-refractivity contribution in [1.82, 2.24) is 4.90 Å². The SMILES string of the molecule is CC1(C)CN(C(=O)c2ccc(Cl)cc2F)C[C@@]1(C)O. The average Bonchev–Trinajstić information content (AvgIpc) is 2.47. The highest BCUT2D eigenvalue weighted by atomic mass is 35.5. The van der Waals surface area contributed by atoms with Gasteiger partial charge in [0.1, 0.15) is 5.82 Å². The molecule has 1 aromatic carbocycles. The molecule has 1 N–H and O–H groups in total. The van der Waals surface area contributed by atoms with Crippen molar-refractivity contribution < 1.29 is 14.3 Å². The number of benzene rings is 1. The zero-order valence-corrected chi connectivity index (χ0v) is 12.0. The van der Waals surface area contributed by atoms with Gasteiger partial charge in [0, 0.05) is 17.0 Å². The summed E-state index contributed by atoms with van der Waals surface area (Å²) >= 11 is 5.67. The lowest BCUT2D eigenvalue weighted by Gasteiger charge is -2.30. The molecule has 19 heavy (non-hydrogen) atoms. The van der Waals surface area contributed by atoms with Gasteiger partial charge in [-0.15, -0.1) is 0 Å². The molecule has 2 rings (SSSR count). The van der Waals surface area contributed by atoms with Gasteiger partial charge in [0.25, 0.3) is 5.91 Å². The fourth-order valence-electron chi connectivity index (χ4n) is 2.27. The van der Waals surface area contributed by atoms with Crippen molar-refractivity contribution in [1.29, 1.82) is 0 Å². The van der Waals surface area contributed by atoms with Crippen molar-refractivity contribution in [2.75, 3.05) is 13.1 Å². The van der Waals surface area contributed by atoms with Crippen LogP contribution in [-0.4, -0.2) is 34.6 Å². The van der Waals surface area contributed by atoms with Crippen LogP contribution in [0, 0.1) is 11.2 Å². The predicted octanol–water partition coefficient (Wildman–Crippen LogP) is 2.71. The zero-order chi connectivity index (χ0) is 14.4. The van der Waals surface area contributed by atoms with E-state index in [4.69, 9.17) is 11.6 Å². The second-order valence-electron chi connectivity index (χ2n) is 5.94. The Balaban J connectivity index is 2.27. The Bertz CT molecular complexity index is 512. The number of aliphatic hydroxyl groups is 1. The second kappa shape index (κ2) is 4.46. The van der Waals surface area contributed by atoms with Crippen molar-refractivity contribution in [2.24, 2.45) is 5.41 Å². The number of rotatable bonds is 1. The first-order chi connectivity index (χ1) is 8.64. The molecule has 1 saturated heterocycles. The first-order valence-electron chi connectivity index (χ1n) is 6.11. The van der Waals surface area contributed by atoms with Gasteiger partial charge in [-0.1, -0.05) is 25.4 Å². The van der Waals surface area contributed by atoms with Crippen LogP contribution < -0.4 is 0 Å². The van der Waals surface area contributed by atoms with Crippen LogP contribution >= 0.6 is 11.6 Å². The average molecular weight is 286 g/mol. The van der Waals surface area contributed by atoms with E-state index in [1.165, 1.54) is 17.0 Å². The number of amides is 1. The number of likely N-dealkylation sites (tertiary alicyclic amines) is 1. The number of hydrogen-bond acceptors (Lipinski definition) is 2.